The van der Waals surface area contributed by atoms with Crippen LogP contribution >= 0.6 is 0 Å². The molecule has 0 spiro atoms. The molecule has 4 rings (SSSR count). The molecule has 0 unspecified atom stereocenters. The van der Waals surface area contributed by atoms with Gasteiger partial charge < -0.3 is 25.8 Å². The van der Waals surface area contributed by atoms with Crippen molar-refractivity contribution in [3.63, 3.8) is 0 Å². The molecule has 33 heavy (non-hydrogen) atoms. The Balaban J connectivity index is 1.49. The number of nitrogen functional groups attached to an aromatic ring is 1. The summed E-state index contributed by atoms with van der Waals surface area (Å²) in [7, 11) is 1.60. The third kappa shape index (κ3) is 5.35. The average molecular weight is 452 g/mol. The van der Waals surface area contributed by atoms with Crippen LogP contribution in [0.5, 0.6) is 5.75 Å². The van der Waals surface area contributed by atoms with Crippen molar-refractivity contribution in [3.8, 4) is 17.0 Å². The van der Waals surface area contributed by atoms with Gasteiger partial charge in [-0.2, -0.15) is 0 Å². The van der Waals surface area contributed by atoms with E-state index in [1.807, 2.05) is 0 Å². The summed E-state index contributed by atoms with van der Waals surface area (Å²) < 4.78 is 25.0. The van der Waals surface area contributed by atoms with Crippen LogP contribution < -0.4 is 21.1 Å². The van der Waals surface area contributed by atoms with Gasteiger partial charge in [-0.25, -0.2) is 19.3 Å². The zero-order valence-electron chi connectivity index (χ0n) is 18.2. The summed E-state index contributed by atoms with van der Waals surface area (Å²) in [5.41, 5.74) is 8.88. The van der Waals surface area contributed by atoms with Crippen molar-refractivity contribution < 1.29 is 18.7 Å². The minimum atomic E-state index is -0.477. The highest BCUT2D eigenvalue weighted by molar-refractivity contribution is 5.94. The van der Waals surface area contributed by atoms with Crippen LogP contribution in [0.2, 0.25) is 0 Å². The number of rotatable bonds is 9. The monoisotopic (exact) mass is 452 g/mol. The van der Waals surface area contributed by atoms with Crippen molar-refractivity contribution in [2.24, 2.45) is 0 Å². The molecule has 9 nitrogen and oxygen atoms in total. The van der Waals surface area contributed by atoms with Gasteiger partial charge in [0, 0.05) is 56.7 Å². The first-order valence-electron chi connectivity index (χ1n) is 10.6. The van der Waals surface area contributed by atoms with Gasteiger partial charge in [-0.3, -0.25) is 4.79 Å². The Labute approximate surface area is 190 Å². The number of nitrogens with two attached hydrogens (primary N) is 1. The Morgan fingerprint density at radius 2 is 2.18 bits per heavy atom. The number of carbonyl (C=O) groups excluding carboxylic acids is 1. The van der Waals surface area contributed by atoms with Gasteiger partial charge in [0.05, 0.1) is 17.9 Å². The molecule has 2 aromatic heterocycles. The summed E-state index contributed by atoms with van der Waals surface area (Å²) in [5.74, 6) is 0.706. The molecule has 1 aliphatic rings. The Bertz CT molecular complexity index is 1160. The number of hydrogen-bond acceptors (Lipinski definition) is 8. The number of pyridine rings is 1. The van der Waals surface area contributed by atoms with Crippen LogP contribution in [0.15, 0.2) is 36.7 Å². The van der Waals surface area contributed by atoms with Crippen molar-refractivity contribution in [2.45, 2.75) is 19.4 Å². The van der Waals surface area contributed by atoms with Crippen LogP contribution in [-0.2, 0) is 17.7 Å². The van der Waals surface area contributed by atoms with Gasteiger partial charge in [0.2, 0.25) is 5.95 Å². The van der Waals surface area contributed by atoms with E-state index in [9.17, 15) is 9.18 Å². The predicted octanol–water partition coefficient (Wildman–Crippen LogP) is 2.57. The van der Waals surface area contributed by atoms with Gasteiger partial charge in [-0.1, -0.05) is 0 Å². The van der Waals surface area contributed by atoms with Crippen LogP contribution in [0, 0.1) is 5.82 Å². The van der Waals surface area contributed by atoms with Gasteiger partial charge in [-0.15, -0.1) is 0 Å². The summed E-state index contributed by atoms with van der Waals surface area (Å²) in [6.07, 6.45) is 4.61. The number of nitrogens with one attached hydrogen (secondary N) is 2. The largest absolute Gasteiger partial charge is 0.492 e. The van der Waals surface area contributed by atoms with E-state index in [1.54, 1.807) is 31.6 Å². The number of ether oxygens (including phenoxy) is 2. The Kier molecular flexibility index (Phi) is 6.94. The maximum Gasteiger partial charge on any atom is 0.251 e. The van der Waals surface area contributed by atoms with Crippen LogP contribution in [-0.4, -0.2) is 47.7 Å². The lowest BCUT2D eigenvalue weighted by Gasteiger charge is -2.13. The van der Waals surface area contributed by atoms with Gasteiger partial charge in [0.25, 0.3) is 5.91 Å². The number of methoxy groups -OCH3 is 1. The number of carbonyl (C=O) groups is 1. The highest BCUT2D eigenvalue weighted by Crippen LogP contribution is 2.39. The molecule has 3 heterocycles. The SMILES string of the molecule is COCCCNC(=O)c1cc(F)cc(CNc2ncc(-c3ccnc(N)n3)c3c2CCO3)c1. The normalized spacial score (nSPS) is 12.2. The summed E-state index contributed by atoms with van der Waals surface area (Å²) in [4.78, 5) is 25.1. The van der Waals surface area contributed by atoms with E-state index in [0.29, 0.717) is 62.0 Å². The van der Waals surface area contributed by atoms with E-state index in [-0.39, 0.29) is 17.4 Å². The fourth-order valence-electron chi connectivity index (χ4n) is 3.64. The summed E-state index contributed by atoms with van der Waals surface area (Å²) in [5, 5.41) is 6.01. The molecule has 0 fully saturated rings. The maximum atomic E-state index is 14.2. The average Bonchev–Trinajstić information content (AvgIpc) is 3.30. The van der Waals surface area contributed by atoms with Gasteiger partial charge in [0.15, 0.2) is 0 Å². The molecular weight excluding hydrogens is 427 g/mol. The van der Waals surface area contributed by atoms with Crippen LogP contribution in [0.4, 0.5) is 16.2 Å². The summed E-state index contributed by atoms with van der Waals surface area (Å²) >= 11 is 0. The fraction of sp³-hybridized carbons (Fsp3) is 0.304. The van der Waals surface area contributed by atoms with E-state index in [1.165, 1.54) is 12.1 Å². The van der Waals surface area contributed by atoms with E-state index in [2.05, 4.69) is 25.6 Å². The Morgan fingerprint density at radius 3 is 3.00 bits per heavy atom. The number of hydrogen-bond donors (Lipinski definition) is 3. The quantitative estimate of drug-likeness (QED) is 0.423. The molecule has 10 heteroatoms. The van der Waals surface area contributed by atoms with Crippen LogP contribution in [0.1, 0.15) is 27.9 Å². The lowest BCUT2D eigenvalue weighted by molar-refractivity contribution is 0.0948. The highest BCUT2D eigenvalue weighted by Gasteiger charge is 2.23. The Morgan fingerprint density at radius 1 is 1.30 bits per heavy atom. The van der Waals surface area contributed by atoms with Crippen molar-refractivity contribution >= 4 is 17.7 Å². The van der Waals surface area contributed by atoms with Crippen molar-refractivity contribution in [2.75, 3.05) is 37.9 Å². The molecule has 0 atom stereocenters. The lowest BCUT2D eigenvalue weighted by atomic mass is 10.1. The zero-order valence-corrected chi connectivity index (χ0v) is 18.2. The summed E-state index contributed by atoms with van der Waals surface area (Å²) in [6, 6.07) is 6.03. The van der Waals surface area contributed by atoms with Crippen LogP contribution in [0.25, 0.3) is 11.3 Å². The minimum absolute atomic E-state index is 0.172. The smallest absolute Gasteiger partial charge is 0.251 e. The number of amides is 1. The lowest BCUT2D eigenvalue weighted by Crippen LogP contribution is -2.25. The molecule has 1 aliphatic heterocycles. The number of anilines is 2. The number of aromatic nitrogens is 3. The van der Waals surface area contributed by atoms with E-state index >= 15 is 0 Å². The van der Waals surface area contributed by atoms with Crippen molar-refractivity contribution in [1.29, 1.82) is 0 Å². The highest BCUT2D eigenvalue weighted by atomic mass is 19.1. The fourth-order valence-corrected chi connectivity index (χ4v) is 3.64. The van der Waals surface area contributed by atoms with Crippen LogP contribution in [0.3, 0.4) is 0 Å². The van der Waals surface area contributed by atoms with Crippen molar-refractivity contribution in [1.82, 2.24) is 20.3 Å². The first kappa shape index (κ1) is 22.4. The van der Waals surface area contributed by atoms with E-state index in [0.717, 1.165) is 11.1 Å². The number of fused-ring (bicyclic) bond motifs is 1. The van der Waals surface area contributed by atoms with Gasteiger partial charge in [0.1, 0.15) is 17.4 Å². The molecule has 4 N–H and O–H groups in total. The second-order valence-electron chi connectivity index (χ2n) is 7.53. The molecule has 3 aromatic rings. The molecular formula is C23H25FN6O3. The standard InChI is InChI=1S/C23H25FN6O3/c1-32-7-2-5-26-22(31)15-9-14(10-16(24)11-15)12-28-21-17-4-8-33-20(17)18(13-29-21)19-3-6-27-23(25)30-19/h3,6,9-11,13H,2,4-5,7-8,12H2,1H3,(H,26,31)(H,28,29)(H2,25,27,30). The molecule has 172 valence electrons. The van der Waals surface area contributed by atoms with E-state index in [4.69, 9.17) is 15.2 Å². The third-order valence-corrected chi connectivity index (χ3v) is 5.17. The second-order valence-corrected chi connectivity index (χ2v) is 7.53. The van der Waals surface area contributed by atoms with Crippen molar-refractivity contribution in [3.05, 3.63) is 59.2 Å². The number of benzene rings is 1. The summed E-state index contributed by atoms with van der Waals surface area (Å²) in [6.45, 7) is 1.82. The molecule has 0 radical (unpaired) electrons. The number of nitrogens with zero attached hydrogens (tertiary/aromatic N) is 3. The topological polar surface area (TPSA) is 124 Å². The molecule has 0 saturated carbocycles. The first-order valence-corrected chi connectivity index (χ1v) is 10.6. The molecule has 0 saturated heterocycles. The van der Waals surface area contributed by atoms with E-state index < -0.39 is 5.82 Å². The zero-order chi connectivity index (χ0) is 23.2. The minimum Gasteiger partial charge on any atom is -0.492 e. The maximum absolute atomic E-state index is 14.2. The first-order chi connectivity index (χ1) is 16.0. The Hall–Kier alpha value is -3.79. The second kappa shape index (κ2) is 10.2. The molecule has 0 aliphatic carbocycles. The van der Waals surface area contributed by atoms with Gasteiger partial charge in [-0.05, 0) is 36.2 Å². The number of halogens is 1. The third-order valence-electron chi connectivity index (χ3n) is 5.17. The predicted molar refractivity (Wildman–Crippen MR) is 121 cm³/mol. The molecule has 1 amide bonds. The molecule has 0 bridgehead atoms. The molecule has 1 aromatic carbocycles. The van der Waals surface area contributed by atoms with Gasteiger partial charge >= 0.3 is 0 Å².